The van der Waals surface area contributed by atoms with Crippen LogP contribution < -0.4 is 25.4 Å². The number of carboxylic acid groups (broad SMARTS) is 1. The molecule has 4 rings (SSSR count). The Morgan fingerprint density at radius 1 is 0.933 bits per heavy atom. The standard InChI is InChI=1S/C32H40N4O7S2/c1-4-5-10-24(30(38)36(17-22-8-6-13-44-22)18-23-9-7-14-45-23)33-32(41)34-25(16-28(37)35-29(20(2)3)31(39)40)21-11-12-26-27(15-21)43-19-42-26/h6-9,11-15,20,24-25,29H,4-5,10,16-19H2,1-3H3,(H,35,37)(H,39,40)(H2,33,34,41)/t24-,25-,29+/m0/s1. The number of carboxylic acids is 1. The highest BCUT2D eigenvalue weighted by Crippen LogP contribution is 2.35. The number of unbranched alkanes of at least 4 members (excludes halogenated alkanes) is 1. The first kappa shape index (κ1) is 33.8. The van der Waals surface area contributed by atoms with Gasteiger partial charge in [0.2, 0.25) is 18.6 Å². The molecule has 0 unspecified atom stereocenters. The Kier molecular flexibility index (Phi) is 12.2. The monoisotopic (exact) mass is 656 g/mol. The molecule has 0 saturated carbocycles. The van der Waals surface area contributed by atoms with E-state index in [1.807, 2.05) is 41.9 Å². The molecular formula is C32H40N4O7S2. The summed E-state index contributed by atoms with van der Waals surface area (Å²) >= 11 is 3.14. The van der Waals surface area contributed by atoms with E-state index in [1.165, 1.54) is 0 Å². The number of rotatable bonds is 16. The van der Waals surface area contributed by atoms with Crippen LogP contribution in [0, 0.1) is 5.92 Å². The molecule has 0 fully saturated rings. The van der Waals surface area contributed by atoms with Crippen molar-refractivity contribution in [1.82, 2.24) is 20.9 Å². The zero-order chi connectivity index (χ0) is 32.3. The summed E-state index contributed by atoms with van der Waals surface area (Å²) in [6.45, 7) is 6.32. The van der Waals surface area contributed by atoms with Gasteiger partial charge >= 0.3 is 12.0 Å². The fraction of sp³-hybridized carbons (Fsp3) is 0.438. The number of amides is 4. The van der Waals surface area contributed by atoms with Crippen molar-refractivity contribution in [2.24, 2.45) is 5.92 Å². The van der Waals surface area contributed by atoms with E-state index in [1.54, 1.807) is 59.6 Å². The van der Waals surface area contributed by atoms with Crippen LogP contribution in [0.15, 0.2) is 53.2 Å². The van der Waals surface area contributed by atoms with E-state index in [4.69, 9.17) is 9.47 Å². The van der Waals surface area contributed by atoms with Crippen LogP contribution in [-0.4, -0.2) is 52.7 Å². The number of hydrogen-bond donors (Lipinski definition) is 4. The molecule has 1 aromatic carbocycles. The Morgan fingerprint density at radius 2 is 1.60 bits per heavy atom. The highest BCUT2D eigenvalue weighted by molar-refractivity contribution is 7.10. The highest BCUT2D eigenvalue weighted by Gasteiger charge is 2.30. The van der Waals surface area contributed by atoms with Gasteiger partial charge in [0.15, 0.2) is 11.5 Å². The number of urea groups is 1. The Bertz CT molecular complexity index is 1390. The van der Waals surface area contributed by atoms with Gasteiger partial charge in [0, 0.05) is 9.75 Å². The van der Waals surface area contributed by atoms with Crippen molar-refractivity contribution in [2.75, 3.05) is 6.79 Å². The molecule has 1 aliphatic rings. The fourth-order valence-electron chi connectivity index (χ4n) is 4.95. The maximum atomic E-state index is 14.0. The first-order valence-corrected chi connectivity index (χ1v) is 16.7. The third kappa shape index (κ3) is 9.69. The molecule has 0 radical (unpaired) electrons. The number of ether oxygens (including phenoxy) is 2. The number of fused-ring (bicyclic) bond motifs is 1. The van der Waals surface area contributed by atoms with Crippen LogP contribution in [0.1, 0.15) is 67.8 Å². The number of nitrogens with one attached hydrogen (secondary N) is 3. The molecule has 3 heterocycles. The zero-order valence-electron chi connectivity index (χ0n) is 25.6. The Labute approximate surface area is 270 Å². The second-order valence-electron chi connectivity index (χ2n) is 11.2. The van der Waals surface area contributed by atoms with Crippen molar-refractivity contribution in [3.05, 3.63) is 68.5 Å². The van der Waals surface area contributed by atoms with Gasteiger partial charge in [-0.3, -0.25) is 9.59 Å². The maximum absolute atomic E-state index is 14.0. The number of nitrogens with zero attached hydrogens (tertiary/aromatic N) is 1. The van der Waals surface area contributed by atoms with Crippen molar-refractivity contribution < 1.29 is 33.8 Å². The van der Waals surface area contributed by atoms with E-state index < -0.39 is 36.0 Å². The third-order valence-electron chi connectivity index (χ3n) is 7.36. The third-order valence-corrected chi connectivity index (χ3v) is 9.08. The van der Waals surface area contributed by atoms with Crippen LogP contribution in [0.5, 0.6) is 11.5 Å². The lowest BCUT2D eigenvalue weighted by Gasteiger charge is -2.28. The molecule has 0 aliphatic carbocycles. The summed E-state index contributed by atoms with van der Waals surface area (Å²) in [5, 5.41) is 21.8. The second-order valence-corrected chi connectivity index (χ2v) is 13.2. The van der Waals surface area contributed by atoms with Gasteiger partial charge < -0.3 is 35.4 Å². The number of benzene rings is 1. The van der Waals surface area contributed by atoms with Crippen molar-refractivity contribution in [3.8, 4) is 11.5 Å². The Morgan fingerprint density at radius 3 is 2.18 bits per heavy atom. The molecule has 45 heavy (non-hydrogen) atoms. The van der Waals surface area contributed by atoms with Crippen LogP contribution in [-0.2, 0) is 27.5 Å². The predicted octanol–water partition coefficient (Wildman–Crippen LogP) is 5.28. The van der Waals surface area contributed by atoms with Crippen LogP contribution in [0.4, 0.5) is 4.79 Å². The summed E-state index contributed by atoms with van der Waals surface area (Å²) in [4.78, 5) is 56.1. The first-order chi connectivity index (χ1) is 21.6. The topological polar surface area (TPSA) is 146 Å². The van der Waals surface area contributed by atoms with E-state index in [-0.39, 0.29) is 25.0 Å². The van der Waals surface area contributed by atoms with Gasteiger partial charge in [-0.2, -0.15) is 0 Å². The molecule has 1 aliphatic heterocycles. The average molecular weight is 657 g/mol. The largest absolute Gasteiger partial charge is 0.480 e. The molecule has 11 nitrogen and oxygen atoms in total. The summed E-state index contributed by atoms with van der Waals surface area (Å²) in [6, 6.07) is 9.59. The van der Waals surface area contributed by atoms with Crippen molar-refractivity contribution >= 4 is 46.5 Å². The molecule has 3 aromatic rings. The molecule has 13 heteroatoms. The lowest BCUT2D eigenvalue weighted by atomic mass is 10.0. The molecular weight excluding hydrogens is 617 g/mol. The van der Waals surface area contributed by atoms with Gasteiger partial charge in [-0.25, -0.2) is 9.59 Å². The minimum atomic E-state index is -1.14. The zero-order valence-corrected chi connectivity index (χ0v) is 27.2. The van der Waals surface area contributed by atoms with Crippen molar-refractivity contribution in [2.45, 2.75) is 77.7 Å². The quantitative estimate of drug-likeness (QED) is 0.164. The van der Waals surface area contributed by atoms with Crippen LogP contribution in [0.3, 0.4) is 0 Å². The molecule has 242 valence electrons. The van der Waals surface area contributed by atoms with E-state index in [2.05, 4.69) is 16.0 Å². The molecule has 4 amide bonds. The highest BCUT2D eigenvalue weighted by atomic mass is 32.1. The normalized spacial score (nSPS) is 14.0. The van der Waals surface area contributed by atoms with Crippen LogP contribution in [0.2, 0.25) is 0 Å². The second kappa shape index (κ2) is 16.3. The Hall–Kier alpha value is -4.10. The van der Waals surface area contributed by atoms with E-state index in [0.717, 1.165) is 22.6 Å². The van der Waals surface area contributed by atoms with Crippen LogP contribution >= 0.6 is 22.7 Å². The number of carbonyl (C=O) groups is 4. The van der Waals surface area contributed by atoms with E-state index in [0.29, 0.717) is 36.6 Å². The van der Waals surface area contributed by atoms with Gasteiger partial charge in [-0.15, -0.1) is 22.7 Å². The summed E-state index contributed by atoms with van der Waals surface area (Å²) in [5.41, 5.74) is 0.564. The maximum Gasteiger partial charge on any atom is 0.326 e. The van der Waals surface area contributed by atoms with Crippen molar-refractivity contribution in [3.63, 3.8) is 0 Å². The average Bonchev–Trinajstić information content (AvgIpc) is 3.80. The molecule has 4 N–H and O–H groups in total. The van der Waals surface area contributed by atoms with Gasteiger partial charge in [-0.05, 0) is 52.9 Å². The number of carbonyl (C=O) groups excluding carboxylic acids is 3. The molecule has 0 saturated heterocycles. The molecule has 0 spiro atoms. The van der Waals surface area contributed by atoms with Gasteiger partial charge in [0.25, 0.3) is 0 Å². The van der Waals surface area contributed by atoms with Crippen molar-refractivity contribution in [1.29, 1.82) is 0 Å². The number of thiophene rings is 2. The number of hydrogen-bond acceptors (Lipinski definition) is 8. The summed E-state index contributed by atoms with van der Waals surface area (Å²) < 4.78 is 10.9. The van der Waals surface area contributed by atoms with Crippen LogP contribution in [0.25, 0.3) is 0 Å². The predicted molar refractivity (Wildman–Crippen MR) is 172 cm³/mol. The first-order valence-electron chi connectivity index (χ1n) is 15.0. The summed E-state index contributed by atoms with van der Waals surface area (Å²) in [7, 11) is 0. The summed E-state index contributed by atoms with van der Waals surface area (Å²) in [5.74, 6) is -1.22. The lowest BCUT2D eigenvalue weighted by molar-refractivity contribution is -0.143. The molecule has 0 bridgehead atoms. The Balaban J connectivity index is 1.53. The lowest BCUT2D eigenvalue weighted by Crippen LogP contribution is -2.52. The minimum Gasteiger partial charge on any atom is -0.480 e. The smallest absolute Gasteiger partial charge is 0.326 e. The fourth-order valence-corrected chi connectivity index (χ4v) is 6.39. The SMILES string of the molecule is CCCC[C@H](NC(=O)N[C@@H](CC(=O)N[C@@H](C(=O)O)C(C)C)c1ccc2c(c1)OCO2)C(=O)N(Cc1cccs1)Cc1cccs1. The van der Waals surface area contributed by atoms with E-state index in [9.17, 15) is 24.3 Å². The van der Waals surface area contributed by atoms with E-state index >= 15 is 0 Å². The van der Waals surface area contributed by atoms with Gasteiger partial charge in [-0.1, -0.05) is 51.8 Å². The molecule has 2 aromatic heterocycles. The molecule has 3 atom stereocenters. The number of aliphatic carboxylic acids is 1. The minimum absolute atomic E-state index is 0.0567. The van der Waals surface area contributed by atoms with Gasteiger partial charge in [0.05, 0.1) is 25.6 Å². The van der Waals surface area contributed by atoms with Gasteiger partial charge in [0.1, 0.15) is 12.1 Å². The summed E-state index contributed by atoms with van der Waals surface area (Å²) in [6.07, 6.45) is 1.77.